The first-order chi connectivity index (χ1) is 5.95. The molecule has 0 aromatic rings. The Morgan fingerprint density at radius 3 is 1.23 bits per heavy atom. The number of rotatable bonds is 6. The van der Waals surface area contributed by atoms with Gasteiger partial charge in [0.15, 0.2) is 0 Å². The van der Waals surface area contributed by atoms with Crippen molar-refractivity contribution in [2.45, 2.75) is 53.8 Å². The molecule has 0 heterocycles. The molecule has 0 aliphatic rings. The zero-order valence-corrected chi connectivity index (χ0v) is 12.5. The van der Waals surface area contributed by atoms with Gasteiger partial charge in [-0.05, 0) is 0 Å². The van der Waals surface area contributed by atoms with Gasteiger partial charge in [-0.25, -0.2) is 0 Å². The van der Waals surface area contributed by atoms with Gasteiger partial charge in [-0.1, -0.05) is 0 Å². The van der Waals surface area contributed by atoms with Crippen molar-refractivity contribution in [3.63, 3.8) is 0 Å². The molecule has 3 heteroatoms. The summed E-state index contributed by atoms with van der Waals surface area (Å²) in [6.07, 6.45) is 0.705. The zero-order valence-electron chi connectivity index (χ0n) is 9.63. The van der Waals surface area contributed by atoms with Crippen LogP contribution in [0.5, 0.6) is 0 Å². The Labute approximate surface area is 93.7 Å². The summed E-state index contributed by atoms with van der Waals surface area (Å²) >= 11 is -1.03. The molecule has 78 valence electrons. The fourth-order valence-electron chi connectivity index (χ4n) is 0.452. The first-order valence-electron chi connectivity index (χ1n) is 5.01. The minimum atomic E-state index is -1.03. The van der Waals surface area contributed by atoms with Crippen molar-refractivity contribution in [1.29, 1.82) is 0 Å². The molecular weight excluding hydrogens is 271 g/mol. The molecule has 0 amide bonds. The topological polar surface area (TPSA) is 18.5 Å². The molecule has 0 spiro atoms. The molecule has 0 saturated heterocycles. The molecule has 2 nitrogen and oxygen atoms in total. The Hall–Kier alpha value is 0.719. The molecule has 0 bridgehead atoms. The Bertz CT molecular complexity index is 112. The van der Waals surface area contributed by atoms with Crippen LogP contribution in [0, 0.1) is 11.8 Å². The summed E-state index contributed by atoms with van der Waals surface area (Å²) in [4.78, 5) is 0. The summed E-state index contributed by atoms with van der Waals surface area (Å²) in [5.41, 5.74) is 0. The molecule has 0 aromatic heterocycles. The maximum atomic E-state index is 5.67. The summed E-state index contributed by atoms with van der Waals surface area (Å²) in [5, 5.41) is 0. The van der Waals surface area contributed by atoms with Crippen LogP contribution in [0.25, 0.3) is 0 Å². The predicted molar refractivity (Wildman–Crippen MR) is 56.5 cm³/mol. The zero-order chi connectivity index (χ0) is 10.4. The van der Waals surface area contributed by atoms with Gasteiger partial charge in [-0.3, -0.25) is 0 Å². The molecule has 0 N–H and O–H groups in total. The molecule has 13 heavy (non-hydrogen) atoms. The fourth-order valence-corrected chi connectivity index (χ4v) is 3.03. The second-order valence-corrected chi connectivity index (χ2v) is 6.04. The van der Waals surface area contributed by atoms with E-state index in [1.807, 2.05) is 0 Å². The van der Waals surface area contributed by atoms with Crippen molar-refractivity contribution >= 4 is 22.0 Å². The van der Waals surface area contributed by atoms with E-state index in [0.717, 1.165) is 0 Å². The summed E-state index contributed by atoms with van der Waals surface area (Å²) in [5.74, 6) is 1.19. The van der Waals surface area contributed by atoms with Crippen LogP contribution in [-0.4, -0.2) is 34.2 Å². The van der Waals surface area contributed by atoms with Crippen molar-refractivity contribution in [3.8, 4) is 0 Å². The van der Waals surface area contributed by atoms with Gasteiger partial charge in [0, 0.05) is 0 Å². The first-order valence-corrected chi connectivity index (χ1v) is 7.34. The van der Waals surface area contributed by atoms with Crippen LogP contribution in [0.3, 0.4) is 0 Å². The van der Waals surface area contributed by atoms with E-state index < -0.39 is 22.0 Å². The van der Waals surface area contributed by atoms with E-state index in [1.165, 1.54) is 0 Å². The van der Waals surface area contributed by atoms with E-state index in [1.54, 1.807) is 0 Å². The molecule has 0 aliphatic heterocycles. The maximum absolute atomic E-state index is 5.67. The van der Waals surface area contributed by atoms with Gasteiger partial charge < -0.3 is 0 Å². The van der Waals surface area contributed by atoms with Crippen molar-refractivity contribution < 1.29 is 6.15 Å². The van der Waals surface area contributed by atoms with Gasteiger partial charge in [0.2, 0.25) is 0 Å². The molecule has 0 aliphatic carbocycles. The summed E-state index contributed by atoms with van der Waals surface area (Å²) < 4.78 is 11.3. The van der Waals surface area contributed by atoms with E-state index in [9.17, 15) is 0 Å². The van der Waals surface area contributed by atoms with Crippen LogP contribution in [0.15, 0.2) is 0 Å². The Morgan fingerprint density at radius 1 is 0.692 bits per heavy atom. The third kappa shape index (κ3) is 6.75. The van der Waals surface area contributed by atoms with Gasteiger partial charge in [-0.2, -0.15) is 0 Å². The van der Waals surface area contributed by atoms with Crippen molar-refractivity contribution in [3.05, 3.63) is 0 Å². The normalized spacial score (nSPS) is 16.6. The molecule has 2 atom stereocenters. The minimum absolute atomic E-state index is 0.353. The molecular formula is C10H22O2Sn. The van der Waals surface area contributed by atoms with E-state index in [-0.39, 0.29) is 0 Å². The Morgan fingerprint density at radius 2 is 1.00 bits per heavy atom. The molecule has 2 radical (unpaired) electrons. The van der Waals surface area contributed by atoms with Crippen LogP contribution in [0.4, 0.5) is 0 Å². The van der Waals surface area contributed by atoms with Crippen LogP contribution in [-0.2, 0) is 6.15 Å². The summed E-state index contributed by atoms with van der Waals surface area (Å²) in [6.45, 7) is 12.9. The van der Waals surface area contributed by atoms with Crippen molar-refractivity contribution in [2.24, 2.45) is 11.8 Å². The van der Waals surface area contributed by atoms with Crippen LogP contribution in [0.1, 0.15) is 41.5 Å². The molecule has 0 saturated carbocycles. The van der Waals surface area contributed by atoms with Gasteiger partial charge >= 0.3 is 93.7 Å². The van der Waals surface area contributed by atoms with Crippen molar-refractivity contribution in [1.82, 2.24) is 0 Å². The monoisotopic (exact) mass is 294 g/mol. The summed E-state index contributed by atoms with van der Waals surface area (Å²) in [6, 6.07) is 0. The van der Waals surface area contributed by atoms with E-state index >= 15 is 0 Å². The van der Waals surface area contributed by atoms with Gasteiger partial charge in [0.05, 0.1) is 0 Å². The standard InChI is InChI=1S/2C5H11O.Sn/c2*1-4(2)5(3)6;/h2*4-5H,1-3H3;/q2*-1;+2. The van der Waals surface area contributed by atoms with Crippen molar-refractivity contribution in [2.75, 3.05) is 0 Å². The summed E-state index contributed by atoms with van der Waals surface area (Å²) in [7, 11) is 0. The average Bonchev–Trinajstić information content (AvgIpc) is 2.03. The Kier molecular flexibility index (Phi) is 7.46. The van der Waals surface area contributed by atoms with E-state index in [4.69, 9.17) is 6.15 Å². The van der Waals surface area contributed by atoms with Crippen LogP contribution in [0.2, 0.25) is 0 Å². The Balaban J connectivity index is 3.45. The molecule has 0 aromatic carbocycles. The second kappa shape index (κ2) is 7.07. The van der Waals surface area contributed by atoms with E-state index in [0.29, 0.717) is 24.0 Å². The van der Waals surface area contributed by atoms with Crippen LogP contribution >= 0.6 is 0 Å². The number of hydrogen-bond acceptors (Lipinski definition) is 2. The third-order valence-electron chi connectivity index (χ3n) is 2.35. The third-order valence-corrected chi connectivity index (χ3v) is 5.02. The van der Waals surface area contributed by atoms with Gasteiger partial charge in [0.1, 0.15) is 0 Å². The first kappa shape index (κ1) is 13.7. The van der Waals surface area contributed by atoms with Gasteiger partial charge in [0.25, 0.3) is 0 Å². The van der Waals surface area contributed by atoms with Crippen LogP contribution < -0.4 is 0 Å². The fraction of sp³-hybridized carbons (Fsp3) is 1.00. The molecule has 2 unspecified atom stereocenters. The predicted octanol–water partition coefficient (Wildman–Crippen LogP) is 2.64. The number of hydrogen-bond donors (Lipinski definition) is 0. The molecule has 0 rings (SSSR count). The van der Waals surface area contributed by atoms with Gasteiger partial charge in [-0.15, -0.1) is 0 Å². The average molecular weight is 293 g/mol. The SMILES string of the molecule is CC(C)C(C)[O][Sn][O]C(C)C(C)C. The quantitative estimate of drug-likeness (QED) is 0.701. The van der Waals surface area contributed by atoms with E-state index in [2.05, 4.69) is 41.5 Å². The second-order valence-electron chi connectivity index (χ2n) is 4.22. The molecule has 0 fully saturated rings.